The van der Waals surface area contributed by atoms with E-state index in [0.29, 0.717) is 40.7 Å². The Morgan fingerprint density at radius 1 is 1.12 bits per heavy atom. The van der Waals surface area contributed by atoms with Gasteiger partial charge in [-0.05, 0) is 44.2 Å². The molecule has 1 atom stereocenters. The van der Waals surface area contributed by atoms with E-state index in [-0.39, 0.29) is 17.2 Å². The molecule has 1 aliphatic heterocycles. The Hall–Kier alpha value is -4.27. The molecule has 2 aromatic carbocycles. The lowest BCUT2D eigenvalue weighted by atomic mass is 9.94. The number of anilines is 1. The highest BCUT2D eigenvalue weighted by Crippen LogP contribution is 2.47. The van der Waals surface area contributed by atoms with Crippen LogP contribution >= 0.6 is 0 Å². The molecule has 1 N–H and O–H groups in total. The van der Waals surface area contributed by atoms with Gasteiger partial charge in [0.15, 0.2) is 17.3 Å². The van der Waals surface area contributed by atoms with E-state index in [1.807, 2.05) is 6.92 Å². The van der Waals surface area contributed by atoms with Gasteiger partial charge in [0.05, 0.1) is 26.4 Å². The van der Waals surface area contributed by atoms with Crippen LogP contribution in [0, 0.1) is 6.92 Å². The molecule has 2 heterocycles. The summed E-state index contributed by atoms with van der Waals surface area (Å²) in [6.45, 7) is 4.03. The molecule has 0 aliphatic carbocycles. The summed E-state index contributed by atoms with van der Waals surface area (Å²) in [5.41, 5.74) is 0.681. The number of hydrogen-bond donors (Lipinski definition) is 1. The molecule has 0 saturated carbocycles. The monoisotopic (exact) mass is 464 g/mol. The number of aliphatic hydroxyl groups is 1. The number of aliphatic hydroxyl groups excluding tert-OH is 1. The molecule has 1 aliphatic rings. The van der Waals surface area contributed by atoms with Gasteiger partial charge >= 0.3 is 5.91 Å². The lowest BCUT2D eigenvalue weighted by Gasteiger charge is -2.25. The van der Waals surface area contributed by atoms with Crippen LogP contribution in [-0.2, 0) is 9.59 Å². The molecule has 0 spiro atoms. The van der Waals surface area contributed by atoms with Crippen LogP contribution in [0.25, 0.3) is 5.76 Å². The maximum absolute atomic E-state index is 13.3. The molecule has 0 bridgehead atoms. The second kappa shape index (κ2) is 9.30. The van der Waals surface area contributed by atoms with Gasteiger partial charge < -0.3 is 23.8 Å². The Labute approximate surface area is 196 Å². The van der Waals surface area contributed by atoms with Gasteiger partial charge in [0.1, 0.15) is 23.3 Å². The number of hydrogen-bond acceptors (Lipinski definition) is 8. The number of Topliss-reactive ketones (excluding diaryl/α,β-unsaturated/α-hetero) is 1. The average Bonchev–Trinajstić information content (AvgIpc) is 3.39. The number of aromatic nitrogens is 1. The van der Waals surface area contributed by atoms with Gasteiger partial charge in [-0.2, -0.15) is 0 Å². The van der Waals surface area contributed by atoms with Crippen molar-refractivity contribution in [1.29, 1.82) is 0 Å². The molecular weight excluding hydrogens is 440 g/mol. The first-order valence-electron chi connectivity index (χ1n) is 10.6. The maximum Gasteiger partial charge on any atom is 0.301 e. The van der Waals surface area contributed by atoms with E-state index in [1.54, 1.807) is 55.5 Å². The lowest BCUT2D eigenvalue weighted by molar-refractivity contribution is -0.132. The Morgan fingerprint density at radius 2 is 1.85 bits per heavy atom. The second-order valence-electron chi connectivity index (χ2n) is 7.50. The zero-order valence-corrected chi connectivity index (χ0v) is 19.2. The quantitative estimate of drug-likeness (QED) is 0.317. The molecule has 0 radical (unpaired) electrons. The molecule has 1 amide bonds. The topological polar surface area (TPSA) is 111 Å². The van der Waals surface area contributed by atoms with E-state index in [9.17, 15) is 14.7 Å². The zero-order chi connectivity index (χ0) is 24.4. The van der Waals surface area contributed by atoms with Crippen LogP contribution in [0.5, 0.6) is 17.2 Å². The zero-order valence-electron chi connectivity index (χ0n) is 19.2. The summed E-state index contributed by atoms with van der Waals surface area (Å²) in [7, 11) is 2.94. The summed E-state index contributed by atoms with van der Waals surface area (Å²) in [6.07, 6.45) is 0. The van der Waals surface area contributed by atoms with Crippen LogP contribution in [0.2, 0.25) is 0 Å². The van der Waals surface area contributed by atoms with Gasteiger partial charge in [0.2, 0.25) is 0 Å². The van der Waals surface area contributed by atoms with Crippen molar-refractivity contribution < 1.29 is 33.4 Å². The van der Waals surface area contributed by atoms with Crippen molar-refractivity contribution in [3.8, 4) is 17.2 Å². The van der Waals surface area contributed by atoms with Crippen LogP contribution in [0.15, 0.2) is 58.6 Å². The van der Waals surface area contributed by atoms with Gasteiger partial charge in [-0.25, -0.2) is 0 Å². The standard InChI is InChI=1S/C25H24N2O7/c1-5-33-16-11-9-15(10-12-16)22(28)20-21(17-7-6-8-18(31-3)24(17)32-4)27(25(30)23(20)29)19-13-14(2)34-26-19/h6-13,21,28H,5H2,1-4H3/t21-/m0/s1. The smallest absolute Gasteiger partial charge is 0.301 e. The molecule has 176 valence electrons. The number of rotatable bonds is 7. The highest BCUT2D eigenvalue weighted by molar-refractivity contribution is 6.51. The Bertz CT molecular complexity index is 1260. The average molecular weight is 464 g/mol. The number of benzene rings is 2. The summed E-state index contributed by atoms with van der Waals surface area (Å²) < 4.78 is 21.6. The predicted octanol–water partition coefficient (Wildman–Crippen LogP) is 4.03. The summed E-state index contributed by atoms with van der Waals surface area (Å²) in [5, 5.41) is 15.2. The summed E-state index contributed by atoms with van der Waals surface area (Å²) in [6, 6.07) is 12.2. The number of nitrogens with zero attached hydrogens (tertiary/aromatic N) is 2. The fraction of sp³-hybridized carbons (Fsp3) is 0.240. The third kappa shape index (κ3) is 3.85. The molecule has 3 aromatic rings. The van der Waals surface area contributed by atoms with Crippen LogP contribution in [0.3, 0.4) is 0 Å². The van der Waals surface area contributed by atoms with Crippen molar-refractivity contribution in [2.45, 2.75) is 19.9 Å². The Balaban J connectivity index is 1.95. The van der Waals surface area contributed by atoms with Gasteiger partial charge in [-0.15, -0.1) is 0 Å². The van der Waals surface area contributed by atoms with E-state index in [0.717, 1.165) is 0 Å². The van der Waals surface area contributed by atoms with Crippen molar-refractivity contribution in [3.63, 3.8) is 0 Å². The minimum absolute atomic E-state index is 0.110. The van der Waals surface area contributed by atoms with Crippen molar-refractivity contribution >= 4 is 23.3 Å². The highest BCUT2D eigenvalue weighted by atomic mass is 16.5. The van der Waals surface area contributed by atoms with E-state index in [4.69, 9.17) is 18.7 Å². The number of ether oxygens (including phenoxy) is 3. The number of carbonyl (C=O) groups is 2. The number of para-hydroxylation sites is 1. The molecule has 34 heavy (non-hydrogen) atoms. The third-order valence-corrected chi connectivity index (χ3v) is 5.47. The van der Waals surface area contributed by atoms with E-state index in [1.165, 1.54) is 19.1 Å². The highest BCUT2D eigenvalue weighted by Gasteiger charge is 2.49. The number of carbonyl (C=O) groups excluding carboxylic acids is 2. The molecule has 9 nitrogen and oxygen atoms in total. The van der Waals surface area contributed by atoms with Gasteiger partial charge in [0.25, 0.3) is 5.78 Å². The summed E-state index contributed by atoms with van der Waals surface area (Å²) in [5.74, 6) is -0.108. The first-order valence-corrected chi connectivity index (χ1v) is 10.6. The largest absolute Gasteiger partial charge is 0.507 e. The van der Waals surface area contributed by atoms with Crippen LogP contribution in [-0.4, -0.2) is 42.8 Å². The van der Waals surface area contributed by atoms with E-state index >= 15 is 0 Å². The predicted molar refractivity (Wildman–Crippen MR) is 123 cm³/mol. The first kappa shape index (κ1) is 22.9. The minimum Gasteiger partial charge on any atom is -0.507 e. The molecular formula is C25H24N2O7. The van der Waals surface area contributed by atoms with Crippen molar-refractivity contribution in [2.75, 3.05) is 25.7 Å². The normalized spacial score (nSPS) is 17.2. The molecule has 1 aromatic heterocycles. The maximum atomic E-state index is 13.3. The number of aryl methyl sites for hydroxylation is 1. The fourth-order valence-electron chi connectivity index (χ4n) is 3.99. The molecule has 0 unspecified atom stereocenters. The van der Waals surface area contributed by atoms with Crippen molar-refractivity contribution in [1.82, 2.24) is 5.16 Å². The number of amides is 1. The van der Waals surface area contributed by atoms with Gasteiger partial charge in [-0.1, -0.05) is 17.3 Å². The Kier molecular flexibility index (Phi) is 6.27. The molecule has 1 saturated heterocycles. The first-order chi connectivity index (χ1) is 16.4. The van der Waals surface area contributed by atoms with Gasteiger partial charge in [-0.3, -0.25) is 14.5 Å². The van der Waals surface area contributed by atoms with Gasteiger partial charge in [0, 0.05) is 17.2 Å². The fourth-order valence-corrected chi connectivity index (χ4v) is 3.99. The SMILES string of the molecule is CCOc1ccc(C(O)=C2C(=O)C(=O)N(c3cc(C)on3)[C@H]2c2cccc(OC)c2OC)cc1. The molecule has 9 heteroatoms. The number of ketones is 1. The summed E-state index contributed by atoms with van der Waals surface area (Å²) >= 11 is 0. The third-order valence-electron chi connectivity index (χ3n) is 5.47. The van der Waals surface area contributed by atoms with Crippen LogP contribution in [0.4, 0.5) is 5.82 Å². The lowest BCUT2D eigenvalue weighted by Crippen LogP contribution is -2.30. The Morgan fingerprint density at radius 3 is 2.44 bits per heavy atom. The second-order valence-corrected chi connectivity index (χ2v) is 7.50. The van der Waals surface area contributed by atoms with Crippen LogP contribution < -0.4 is 19.1 Å². The molecule has 4 rings (SSSR count). The summed E-state index contributed by atoms with van der Waals surface area (Å²) in [4.78, 5) is 27.6. The van der Waals surface area contributed by atoms with Crippen molar-refractivity contribution in [2.24, 2.45) is 0 Å². The van der Waals surface area contributed by atoms with Crippen molar-refractivity contribution in [3.05, 3.63) is 71.0 Å². The van der Waals surface area contributed by atoms with E-state index in [2.05, 4.69) is 5.16 Å². The van der Waals surface area contributed by atoms with E-state index < -0.39 is 17.7 Å². The molecule has 1 fully saturated rings. The van der Waals surface area contributed by atoms with Crippen LogP contribution in [0.1, 0.15) is 29.9 Å². The minimum atomic E-state index is -1.04. The number of methoxy groups -OCH3 is 2.